The molecular weight excluding hydrogens is 268 g/mol. The molecule has 0 fully saturated rings. The monoisotopic (exact) mass is 288 g/mol. The molecule has 106 valence electrons. The molecule has 5 heteroatoms. The number of aryl methyl sites for hydroxylation is 1. The third-order valence-electron chi connectivity index (χ3n) is 2.91. The predicted molar refractivity (Wildman–Crippen MR) is 81.8 cm³/mol. The Morgan fingerprint density at radius 3 is 2.70 bits per heavy atom. The van der Waals surface area contributed by atoms with Gasteiger partial charge in [-0.3, -0.25) is 0 Å². The van der Waals surface area contributed by atoms with Gasteiger partial charge in [0.05, 0.1) is 0 Å². The number of aromatic nitrogens is 3. The van der Waals surface area contributed by atoms with Gasteiger partial charge in [-0.05, 0) is 50.2 Å². The summed E-state index contributed by atoms with van der Waals surface area (Å²) in [6, 6.07) is 4.35. The second-order valence-electron chi connectivity index (χ2n) is 4.72. The van der Waals surface area contributed by atoms with Crippen molar-refractivity contribution in [3.63, 3.8) is 0 Å². The molecule has 2 rings (SSSR count). The minimum absolute atomic E-state index is 0.275. The number of rotatable bonds is 6. The van der Waals surface area contributed by atoms with Gasteiger partial charge in [-0.1, -0.05) is 13.0 Å². The maximum Gasteiger partial charge on any atom is 0.193 e. The summed E-state index contributed by atoms with van der Waals surface area (Å²) in [5, 5.41) is 5.19. The van der Waals surface area contributed by atoms with Crippen LogP contribution in [0.2, 0.25) is 0 Å². The van der Waals surface area contributed by atoms with Crippen LogP contribution in [0.5, 0.6) is 0 Å². The zero-order valence-electron chi connectivity index (χ0n) is 12.1. The van der Waals surface area contributed by atoms with Gasteiger partial charge in [0.2, 0.25) is 0 Å². The molecule has 20 heavy (non-hydrogen) atoms. The summed E-state index contributed by atoms with van der Waals surface area (Å²) in [7, 11) is 0. The molecule has 0 saturated carbocycles. The molecule has 0 bridgehead atoms. The van der Waals surface area contributed by atoms with Gasteiger partial charge in [-0.25, -0.2) is 15.0 Å². The van der Waals surface area contributed by atoms with Gasteiger partial charge in [0, 0.05) is 30.2 Å². The van der Waals surface area contributed by atoms with Crippen LogP contribution in [-0.2, 0) is 0 Å². The second-order valence-corrected chi connectivity index (χ2v) is 5.67. The van der Waals surface area contributed by atoms with E-state index in [-0.39, 0.29) is 6.04 Å². The van der Waals surface area contributed by atoms with E-state index in [1.165, 1.54) is 17.3 Å². The standard InChI is InChI=1S/C15H20N4S/c1-4-7-16-12(3)13-6-5-8-17-14(13)20-15-18-9-11(2)10-19-15/h5-6,8-10,12,16H,4,7H2,1-3H3. The van der Waals surface area contributed by atoms with Crippen molar-refractivity contribution in [2.75, 3.05) is 6.54 Å². The lowest BCUT2D eigenvalue weighted by Crippen LogP contribution is -2.20. The van der Waals surface area contributed by atoms with E-state index < -0.39 is 0 Å². The smallest absolute Gasteiger partial charge is 0.193 e. The van der Waals surface area contributed by atoms with Crippen molar-refractivity contribution in [2.45, 2.75) is 43.4 Å². The minimum atomic E-state index is 0.275. The third-order valence-corrected chi connectivity index (χ3v) is 3.84. The van der Waals surface area contributed by atoms with Crippen molar-refractivity contribution >= 4 is 11.8 Å². The van der Waals surface area contributed by atoms with Crippen molar-refractivity contribution in [3.05, 3.63) is 41.9 Å². The summed E-state index contributed by atoms with van der Waals surface area (Å²) in [6.07, 6.45) is 6.59. The molecule has 1 unspecified atom stereocenters. The first-order valence-corrected chi connectivity index (χ1v) is 7.67. The topological polar surface area (TPSA) is 50.7 Å². The van der Waals surface area contributed by atoms with Crippen LogP contribution in [0.4, 0.5) is 0 Å². The van der Waals surface area contributed by atoms with E-state index in [9.17, 15) is 0 Å². The highest BCUT2D eigenvalue weighted by atomic mass is 32.2. The van der Waals surface area contributed by atoms with Crippen LogP contribution in [0.3, 0.4) is 0 Å². The maximum absolute atomic E-state index is 4.47. The van der Waals surface area contributed by atoms with Crippen molar-refractivity contribution in [1.29, 1.82) is 0 Å². The number of nitrogens with zero attached hydrogens (tertiary/aromatic N) is 3. The Labute approximate surface area is 124 Å². The molecule has 0 aliphatic carbocycles. The molecule has 0 aliphatic rings. The largest absolute Gasteiger partial charge is 0.310 e. The lowest BCUT2D eigenvalue weighted by molar-refractivity contribution is 0.560. The Morgan fingerprint density at radius 1 is 1.25 bits per heavy atom. The number of nitrogens with one attached hydrogen (secondary N) is 1. The van der Waals surface area contributed by atoms with E-state index in [0.29, 0.717) is 0 Å². The Balaban J connectivity index is 2.17. The first kappa shape index (κ1) is 14.9. The molecular formula is C15H20N4S. The quantitative estimate of drug-likeness (QED) is 0.826. The summed E-state index contributed by atoms with van der Waals surface area (Å²) in [5.41, 5.74) is 2.25. The molecule has 0 saturated heterocycles. The fraction of sp³-hybridized carbons (Fsp3) is 0.400. The zero-order valence-corrected chi connectivity index (χ0v) is 12.9. The Kier molecular flexibility index (Phi) is 5.49. The Hall–Kier alpha value is -1.46. The lowest BCUT2D eigenvalue weighted by atomic mass is 10.1. The van der Waals surface area contributed by atoms with Gasteiger partial charge in [-0.15, -0.1) is 0 Å². The van der Waals surface area contributed by atoms with Gasteiger partial charge < -0.3 is 5.32 Å². The highest BCUT2D eigenvalue weighted by molar-refractivity contribution is 7.99. The predicted octanol–water partition coefficient (Wildman–Crippen LogP) is 3.39. The van der Waals surface area contributed by atoms with E-state index >= 15 is 0 Å². The van der Waals surface area contributed by atoms with Crippen molar-refractivity contribution in [1.82, 2.24) is 20.3 Å². The maximum atomic E-state index is 4.47. The van der Waals surface area contributed by atoms with Crippen LogP contribution in [0.1, 0.15) is 37.4 Å². The molecule has 1 N–H and O–H groups in total. The minimum Gasteiger partial charge on any atom is -0.310 e. The molecule has 0 amide bonds. The molecule has 0 aliphatic heterocycles. The molecule has 1 atom stereocenters. The van der Waals surface area contributed by atoms with Crippen LogP contribution < -0.4 is 5.32 Å². The average molecular weight is 288 g/mol. The van der Waals surface area contributed by atoms with Gasteiger partial charge in [0.15, 0.2) is 5.16 Å². The van der Waals surface area contributed by atoms with Crippen molar-refractivity contribution in [3.8, 4) is 0 Å². The molecule has 0 aromatic carbocycles. The molecule has 4 nitrogen and oxygen atoms in total. The van der Waals surface area contributed by atoms with Crippen LogP contribution in [0.25, 0.3) is 0 Å². The van der Waals surface area contributed by atoms with Gasteiger partial charge in [-0.2, -0.15) is 0 Å². The fourth-order valence-corrected chi connectivity index (χ4v) is 2.67. The summed E-state index contributed by atoms with van der Waals surface area (Å²) < 4.78 is 0. The van der Waals surface area contributed by atoms with Crippen LogP contribution >= 0.6 is 11.8 Å². The Morgan fingerprint density at radius 2 is 2.00 bits per heavy atom. The van der Waals surface area contributed by atoms with Crippen LogP contribution in [0, 0.1) is 6.92 Å². The van der Waals surface area contributed by atoms with Crippen LogP contribution in [-0.4, -0.2) is 21.5 Å². The van der Waals surface area contributed by atoms with E-state index in [1.54, 1.807) is 0 Å². The summed E-state index contributed by atoms with van der Waals surface area (Å²) in [6.45, 7) is 7.31. The van der Waals surface area contributed by atoms with E-state index in [1.807, 2.05) is 31.6 Å². The highest BCUT2D eigenvalue weighted by Crippen LogP contribution is 2.29. The summed E-state index contributed by atoms with van der Waals surface area (Å²) in [4.78, 5) is 13.1. The van der Waals surface area contributed by atoms with Crippen molar-refractivity contribution in [2.24, 2.45) is 0 Å². The lowest BCUT2D eigenvalue weighted by Gasteiger charge is -2.16. The molecule has 2 heterocycles. The third kappa shape index (κ3) is 4.02. The fourth-order valence-electron chi connectivity index (χ4n) is 1.81. The van der Waals surface area contributed by atoms with Gasteiger partial charge in [0.1, 0.15) is 5.03 Å². The van der Waals surface area contributed by atoms with E-state index in [0.717, 1.165) is 28.7 Å². The normalized spacial score (nSPS) is 12.3. The number of hydrogen-bond acceptors (Lipinski definition) is 5. The zero-order chi connectivity index (χ0) is 14.4. The Bertz CT molecular complexity index is 542. The number of hydrogen-bond donors (Lipinski definition) is 1. The number of pyridine rings is 1. The van der Waals surface area contributed by atoms with E-state index in [4.69, 9.17) is 0 Å². The van der Waals surface area contributed by atoms with Gasteiger partial charge >= 0.3 is 0 Å². The first-order chi connectivity index (χ1) is 9.70. The first-order valence-electron chi connectivity index (χ1n) is 6.85. The summed E-state index contributed by atoms with van der Waals surface area (Å²) in [5.74, 6) is 0. The van der Waals surface area contributed by atoms with E-state index in [2.05, 4.69) is 40.2 Å². The molecule has 0 radical (unpaired) electrons. The van der Waals surface area contributed by atoms with Gasteiger partial charge in [0.25, 0.3) is 0 Å². The van der Waals surface area contributed by atoms with Crippen molar-refractivity contribution < 1.29 is 0 Å². The average Bonchev–Trinajstić information content (AvgIpc) is 2.48. The molecule has 0 spiro atoms. The second kappa shape index (κ2) is 7.36. The molecule has 2 aromatic rings. The molecule has 2 aromatic heterocycles. The van der Waals surface area contributed by atoms with Crippen LogP contribution in [0.15, 0.2) is 40.9 Å². The summed E-state index contributed by atoms with van der Waals surface area (Å²) >= 11 is 1.51. The SMILES string of the molecule is CCCNC(C)c1cccnc1Sc1ncc(C)cn1. The highest BCUT2D eigenvalue weighted by Gasteiger charge is 2.12.